The zero-order valence-corrected chi connectivity index (χ0v) is 23.0. The Morgan fingerprint density at radius 3 is 2.26 bits per heavy atom. The van der Waals surface area contributed by atoms with E-state index in [1.54, 1.807) is 24.3 Å². The second-order valence-electron chi connectivity index (χ2n) is 7.10. The molecular formula is C23H20BrCl3N2O5S. The predicted molar refractivity (Wildman–Crippen MR) is 143 cm³/mol. The summed E-state index contributed by atoms with van der Waals surface area (Å²) in [5.41, 5.74) is 0.511. The monoisotopic (exact) mass is 620 g/mol. The van der Waals surface area contributed by atoms with Gasteiger partial charge in [0.1, 0.15) is 18.9 Å². The molecule has 7 nitrogen and oxygen atoms in total. The van der Waals surface area contributed by atoms with Crippen molar-refractivity contribution >= 4 is 78.0 Å². The van der Waals surface area contributed by atoms with Crippen molar-refractivity contribution < 1.29 is 22.7 Å². The Kier molecular flexibility index (Phi) is 9.69. The molecule has 0 bridgehead atoms. The Bertz CT molecular complexity index is 1290. The van der Waals surface area contributed by atoms with Crippen LogP contribution >= 0.6 is 50.7 Å². The normalized spacial score (nSPS) is 11.2. The zero-order chi connectivity index (χ0) is 25.6. The summed E-state index contributed by atoms with van der Waals surface area (Å²) in [6.07, 6.45) is 0. The molecule has 0 unspecified atom stereocenters. The Morgan fingerprint density at radius 2 is 1.63 bits per heavy atom. The number of hydrogen-bond acceptors (Lipinski definition) is 5. The number of amides is 1. The fourth-order valence-electron chi connectivity index (χ4n) is 2.95. The van der Waals surface area contributed by atoms with Gasteiger partial charge >= 0.3 is 0 Å². The van der Waals surface area contributed by atoms with Gasteiger partial charge in [-0.2, -0.15) is 0 Å². The van der Waals surface area contributed by atoms with Crippen molar-refractivity contribution in [2.45, 2.75) is 4.90 Å². The van der Waals surface area contributed by atoms with Gasteiger partial charge in [-0.15, -0.1) is 0 Å². The molecule has 0 heterocycles. The van der Waals surface area contributed by atoms with Crippen LogP contribution in [-0.2, 0) is 19.6 Å². The molecule has 3 aromatic carbocycles. The van der Waals surface area contributed by atoms with E-state index in [0.29, 0.717) is 10.7 Å². The SMILES string of the molecule is COCCOc1cc(N(CC(=O)Nc2ccc(Br)cc2)S(=O)(=O)c2ccc(Cl)cc2)c(Cl)cc1Cl. The van der Waals surface area contributed by atoms with E-state index in [-0.39, 0.29) is 39.6 Å². The molecule has 12 heteroatoms. The molecule has 0 spiro atoms. The maximum Gasteiger partial charge on any atom is 0.264 e. The van der Waals surface area contributed by atoms with Crippen molar-refractivity contribution in [3.63, 3.8) is 0 Å². The molecule has 0 atom stereocenters. The number of rotatable bonds is 10. The summed E-state index contributed by atoms with van der Waals surface area (Å²) in [5, 5.41) is 3.24. The highest BCUT2D eigenvalue weighted by atomic mass is 79.9. The topological polar surface area (TPSA) is 84.9 Å². The molecule has 1 amide bonds. The van der Waals surface area contributed by atoms with Crippen LogP contribution in [0.2, 0.25) is 15.1 Å². The highest BCUT2D eigenvalue weighted by Gasteiger charge is 2.30. The fourth-order valence-corrected chi connectivity index (χ4v) is 5.36. The van der Waals surface area contributed by atoms with E-state index in [1.165, 1.54) is 43.5 Å². The Balaban J connectivity index is 2.02. The summed E-state index contributed by atoms with van der Waals surface area (Å²) in [6, 6.07) is 15.2. The van der Waals surface area contributed by atoms with Crippen molar-refractivity contribution in [2.24, 2.45) is 0 Å². The summed E-state index contributed by atoms with van der Waals surface area (Å²) in [4.78, 5) is 12.8. The lowest BCUT2D eigenvalue weighted by atomic mass is 10.3. The number of methoxy groups -OCH3 is 1. The first-order valence-electron chi connectivity index (χ1n) is 10.1. The summed E-state index contributed by atoms with van der Waals surface area (Å²) in [7, 11) is -2.73. The molecule has 1 N–H and O–H groups in total. The summed E-state index contributed by atoms with van der Waals surface area (Å²) >= 11 is 21.9. The minimum Gasteiger partial charge on any atom is -0.490 e. The molecule has 0 aromatic heterocycles. The molecule has 0 aliphatic heterocycles. The smallest absolute Gasteiger partial charge is 0.264 e. The van der Waals surface area contributed by atoms with Gasteiger partial charge in [-0.1, -0.05) is 50.7 Å². The lowest BCUT2D eigenvalue weighted by Crippen LogP contribution is -2.38. The molecule has 0 aliphatic carbocycles. The minimum absolute atomic E-state index is 0.0167. The van der Waals surface area contributed by atoms with E-state index >= 15 is 0 Å². The van der Waals surface area contributed by atoms with Crippen molar-refractivity contribution in [1.82, 2.24) is 0 Å². The van der Waals surface area contributed by atoms with Crippen LogP contribution in [0, 0.1) is 0 Å². The van der Waals surface area contributed by atoms with Gasteiger partial charge < -0.3 is 14.8 Å². The van der Waals surface area contributed by atoms with Crippen LogP contribution in [0.5, 0.6) is 5.75 Å². The number of sulfonamides is 1. The molecule has 186 valence electrons. The summed E-state index contributed by atoms with van der Waals surface area (Å²) in [5.74, 6) is -0.398. The van der Waals surface area contributed by atoms with E-state index in [4.69, 9.17) is 44.3 Å². The number of carbonyl (C=O) groups is 1. The number of halogens is 4. The molecular weight excluding hydrogens is 603 g/mol. The van der Waals surface area contributed by atoms with Crippen molar-refractivity contribution in [3.05, 3.63) is 80.2 Å². The standard InChI is InChI=1S/C23H20BrCl3N2O5S/c1-33-10-11-34-22-13-21(19(26)12-20(22)27)29(35(31,32)18-8-4-16(25)5-9-18)14-23(30)28-17-6-2-15(24)3-7-17/h2-9,12-13H,10-11,14H2,1H3,(H,28,30). The van der Waals surface area contributed by atoms with Gasteiger partial charge in [0.2, 0.25) is 5.91 Å². The van der Waals surface area contributed by atoms with Crippen LogP contribution < -0.4 is 14.4 Å². The van der Waals surface area contributed by atoms with Crippen molar-refractivity contribution in [2.75, 3.05) is 36.5 Å². The second kappa shape index (κ2) is 12.3. The Morgan fingerprint density at radius 1 is 0.971 bits per heavy atom. The number of anilines is 2. The van der Waals surface area contributed by atoms with E-state index in [0.717, 1.165) is 8.78 Å². The number of hydrogen-bond donors (Lipinski definition) is 1. The van der Waals surface area contributed by atoms with Crippen molar-refractivity contribution in [1.29, 1.82) is 0 Å². The number of benzene rings is 3. The van der Waals surface area contributed by atoms with Gasteiger partial charge in [0.25, 0.3) is 10.0 Å². The van der Waals surface area contributed by atoms with Crippen LogP contribution in [0.3, 0.4) is 0 Å². The van der Waals surface area contributed by atoms with Gasteiger partial charge in [0.05, 0.1) is 27.2 Å². The molecule has 0 saturated heterocycles. The summed E-state index contributed by atoms with van der Waals surface area (Å²) in [6.45, 7) is -0.109. The van der Waals surface area contributed by atoms with Crippen LogP contribution in [0.1, 0.15) is 0 Å². The largest absolute Gasteiger partial charge is 0.490 e. The fraction of sp³-hybridized carbons (Fsp3) is 0.174. The zero-order valence-electron chi connectivity index (χ0n) is 18.3. The maximum absolute atomic E-state index is 13.6. The highest BCUT2D eigenvalue weighted by Crippen LogP contribution is 2.38. The predicted octanol–water partition coefficient (Wildman–Crippen LogP) is 6.27. The number of carbonyl (C=O) groups excluding carboxylic acids is 1. The summed E-state index contributed by atoms with van der Waals surface area (Å²) < 4.78 is 39.6. The van der Waals surface area contributed by atoms with Gasteiger partial charge in [-0.25, -0.2) is 8.42 Å². The van der Waals surface area contributed by atoms with Gasteiger partial charge in [0.15, 0.2) is 0 Å². The molecule has 0 fully saturated rings. The van der Waals surface area contributed by atoms with Crippen LogP contribution in [0.15, 0.2) is 70.0 Å². The average Bonchev–Trinajstić information content (AvgIpc) is 2.81. The van der Waals surface area contributed by atoms with Gasteiger partial charge in [-0.05, 0) is 54.6 Å². The molecule has 3 rings (SSSR count). The quantitative estimate of drug-likeness (QED) is 0.270. The van der Waals surface area contributed by atoms with Crippen LogP contribution in [-0.4, -0.2) is 41.2 Å². The first-order chi connectivity index (χ1) is 16.6. The molecule has 0 aliphatic rings. The van der Waals surface area contributed by atoms with E-state index in [9.17, 15) is 13.2 Å². The Hall–Kier alpha value is -2.01. The van der Waals surface area contributed by atoms with E-state index in [2.05, 4.69) is 21.2 Å². The number of ether oxygens (including phenoxy) is 2. The van der Waals surface area contributed by atoms with Crippen LogP contribution in [0.4, 0.5) is 11.4 Å². The first kappa shape index (κ1) is 27.6. The lowest BCUT2D eigenvalue weighted by molar-refractivity contribution is -0.114. The van der Waals surface area contributed by atoms with Crippen LogP contribution in [0.25, 0.3) is 0 Å². The molecule has 35 heavy (non-hydrogen) atoms. The van der Waals surface area contributed by atoms with Crippen molar-refractivity contribution in [3.8, 4) is 5.75 Å². The van der Waals surface area contributed by atoms with E-state index in [1.807, 2.05) is 0 Å². The lowest BCUT2D eigenvalue weighted by Gasteiger charge is -2.26. The third-order valence-corrected chi connectivity index (χ3v) is 7.78. The number of nitrogens with one attached hydrogen (secondary N) is 1. The minimum atomic E-state index is -4.24. The van der Waals surface area contributed by atoms with Gasteiger partial charge in [0, 0.05) is 28.4 Å². The molecule has 3 aromatic rings. The molecule has 0 saturated carbocycles. The second-order valence-corrected chi connectivity index (χ2v) is 11.1. The third kappa shape index (κ3) is 7.25. The number of nitrogens with zero attached hydrogens (tertiary/aromatic N) is 1. The Labute approximate surface area is 227 Å². The average molecular weight is 623 g/mol. The van der Waals surface area contributed by atoms with Gasteiger partial charge in [-0.3, -0.25) is 9.10 Å². The maximum atomic E-state index is 13.6. The molecule has 0 radical (unpaired) electrons. The third-order valence-electron chi connectivity index (χ3n) is 4.63. The first-order valence-corrected chi connectivity index (χ1v) is 13.4. The van der Waals surface area contributed by atoms with E-state index < -0.39 is 22.5 Å². The highest BCUT2D eigenvalue weighted by molar-refractivity contribution is 9.10.